The van der Waals surface area contributed by atoms with E-state index in [1.807, 2.05) is 25.2 Å². The van der Waals surface area contributed by atoms with Crippen LogP contribution in [0.5, 0.6) is 11.5 Å². The Kier molecular flexibility index (Phi) is 8.55. The monoisotopic (exact) mass is 773 g/mol. The topological polar surface area (TPSA) is 158 Å². The maximum absolute atomic E-state index is 15.1. The molecule has 4 aliphatic rings. The number of anilines is 4. The second-order valence-corrected chi connectivity index (χ2v) is 15.2. The minimum Gasteiger partial charge on any atom is -0.488 e. The molecule has 0 bridgehead atoms. The van der Waals surface area contributed by atoms with Crippen LogP contribution in [0.4, 0.5) is 31.9 Å². The molecule has 3 N–H and O–H groups in total. The number of carbonyl (C=O) groups is 2. The van der Waals surface area contributed by atoms with E-state index in [9.17, 15) is 14.4 Å². The number of pyridine rings is 1. The molecule has 1 aliphatic carbocycles. The van der Waals surface area contributed by atoms with Gasteiger partial charge in [0.15, 0.2) is 12.4 Å². The lowest BCUT2D eigenvalue weighted by Gasteiger charge is -2.32. The molecule has 3 fully saturated rings. The second-order valence-electron chi connectivity index (χ2n) is 14.8. The van der Waals surface area contributed by atoms with Gasteiger partial charge in [-0.05, 0) is 49.4 Å². The number of piperidine rings is 2. The molecule has 2 saturated heterocycles. The van der Waals surface area contributed by atoms with Gasteiger partial charge in [0.25, 0.3) is 5.56 Å². The molecule has 2 atom stereocenters. The number of rotatable bonds is 7. The van der Waals surface area contributed by atoms with Crippen molar-refractivity contribution in [2.24, 2.45) is 20.0 Å². The highest BCUT2D eigenvalue weighted by molar-refractivity contribution is 6.33. The molecule has 17 heteroatoms. The fourth-order valence-electron chi connectivity index (χ4n) is 8.01. The number of fused-ring (bicyclic) bond motifs is 4. The Morgan fingerprint density at radius 1 is 1.04 bits per heavy atom. The van der Waals surface area contributed by atoms with E-state index >= 15 is 8.78 Å². The molecule has 286 valence electrons. The van der Waals surface area contributed by atoms with E-state index in [1.54, 1.807) is 29.9 Å². The summed E-state index contributed by atoms with van der Waals surface area (Å²) >= 11 is 6.59. The molecule has 1 saturated carbocycles. The molecule has 0 radical (unpaired) electrons. The molecule has 55 heavy (non-hydrogen) atoms. The molecule has 3 aliphatic heterocycles. The third-order valence-electron chi connectivity index (χ3n) is 11.0. The quantitative estimate of drug-likeness (QED) is 0.182. The Hall–Kier alpha value is -5.51. The number of nitrogens with zero attached hydrogens (tertiary/aromatic N) is 6. The van der Waals surface area contributed by atoms with Crippen molar-refractivity contribution in [3.05, 3.63) is 63.7 Å². The number of aryl methyl sites for hydroxylation is 2. The van der Waals surface area contributed by atoms with Gasteiger partial charge in [-0.3, -0.25) is 24.4 Å². The van der Waals surface area contributed by atoms with Crippen LogP contribution in [0.3, 0.4) is 0 Å². The Labute approximate surface area is 318 Å². The largest absolute Gasteiger partial charge is 0.488 e. The normalized spacial score (nSPS) is 21.4. The summed E-state index contributed by atoms with van der Waals surface area (Å²) in [7, 11) is 3.41. The van der Waals surface area contributed by atoms with Gasteiger partial charge in [0.1, 0.15) is 22.4 Å². The third-order valence-corrected chi connectivity index (χ3v) is 11.3. The number of halogens is 3. The molecule has 9 rings (SSSR count). The average molecular weight is 774 g/mol. The molecular formula is C38H38ClF2N9O5. The lowest BCUT2D eigenvalue weighted by atomic mass is 9.93. The van der Waals surface area contributed by atoms with Crippen molar-refractivity contribution < 1.29 is 27.8 Å². The summed E-state index contributed by atoms with van der Waals surface area (Å²) in [5.41, 5.74) is 2.32. The molecule has 6 heterocycles. The van der Waals surface area contributed by atoms with E-state index in [0.717, 1.165) is 10.9 Å². The zero-order valence-electron chi connectivity index (χ0n) is 30.1. The van der Waals surface area contributed by atoms with Crippen LogP contribution in [0.2, 0.25) is 5.02 Å². The molecule has 5 aromatic rings. The summed E-state index contributed by atoms with van der Waals surface area (Å²) in [6.07, 6.45) is 4.87. The van der Waals surface area contributed by atoms with E-state index in [4.69, 9.17) is 26.1 Å². The second kappa shape index (κ2) is 13.4. The Bertz CT molecular complexity index is 2440. The maximum Gasteiger partial charge on any atom is 0.301 e. The summed E-state index contributed by atoms with van der Waals surface area (Å²) < 4.78 is 45.4. The standard InChI is InChI=1S/C38H38ClF2N9O5/c1-48-26-10-8-20(16-24(26)30-32(36(48)53)54-18-38(40,41)33(45-30)19-6-7-19)43-34-25(39)17-42-37(46-34)50-14-12-21(13-15-50)55-27-5-3-4-22-29(47-49(2)31(22)27)23-9-11-28(51)44-35(23)52/h3-5,8,10,16-17,19,21,23,33,45H,6-7,9,11-15,18H2,1-2H3,(H,42,43,46)(H,44,51,52). The SMILES string of the molecule is Cn1nc(C2CCC(=O)NC2=O)c2cccc(OC3CCN(c4ncc(Cl)c(Nc5ccc6c(c5)c5c(c(=O)n6C)OCC(F)(F)C(C6CC6)N5)n4)CC3)c21. The van der Waals surface area contributed by atoms with Crippen LogP contribution in [-0.4, -0.2) is 73.9 Å². The number of benzene rings is 2. The van der Waals surface area contributed by atoms with Crippen molar-refractivity contribution in [1.29, 1.82) is 0 Å². The van der Waals surface area contributed by atoms with Crippen molar-refractivity contribution in [1.82, 2.24) is 29.6 Å². The van der Waals surface area contributed by atoms with Gasteiger partial charge >= 0.3 is 5.92 Å². The van der Waals surface area contributed by atoms with Gasteiger partial charge < -0.3 is 29.6 Å². The first-order chi connectivity index (χ1) is 26.4. The van der Waals surface area contributed by atoms with E-state index in [1.165, 1.54) is 10.8 Å². The first kappa shape index (κ1) is 35.2. The highest BCUT2D eigenvalue weighted by atomic mass is 35.5. The fraction of sp³-hybridized carbons (Fsp3) is 0.421. The van der Waals surface area contributed by atoms with Crippen LogP contribution in [0, 0.1) is 5.92 Å². The van der Waals surface area contributed by atoms with E-state index in [2.05, 4.69) is 30.9 Å². The summed E-state index contributed by atoms with van der Waals surface area (Å²) in [6, 6.07) is 9.87. The molecular weight excluding hydrogens is 736 g/mol. The lowest BCUT2D eigenvalue weighted by Crippen LogP contribution is -2.44. The number of aromatic nitrogens is 5. The molecule has 3 aromatic heterocycles. The summed E-state index contributed by atoms with van der Waals surface area (Å²) in [4.78, 5) is 48.9. The van der Waals surface area contributed by atoms with Crippen molar-refractivity contribution in [2.45, 2.75) is 62.5 Å². The smallest absolute Gasteiger partial charge is 0.301 e. The Balaban J connectivity index is 0.918. The van der Waals surface area contributed by atoms with Gasteiger partial charge in [0.2, 0.25) is 23.5 Å². The van der Waals surface area contributed by atoms with E-state index in [0.29, 0.717) is 85.0 Å². The molecule has 2 aromatic carbocycles. The van der Waals surface area contributed by atoms with Crippen molar-refractivity contribution >= 4 is 68.4 Å². The number of nitrogens with one attached hydrogen (secondary N) is 3. The number of imide groups is 1. The summed E-state index contributed by atoms with van der Waals surface area (Å²) in [5, 5.41) is 15.0. The number of hydrogen-bond acceptors (Lipinski definition) is 11. The predicted octanol–water partition coefficient (Wildman–Crippen LogP) is 5.40. The lowest BCUT2D eigenvalue weighted by molar-refractivity contribution is -0.134. The van der Waals surface area contributed by atoms with Gasteiger partial charge in [0.05, 0.1) is 35.1 Å². The van der Waals surface area contributed by atoms with Crippen LogP contribution in [0.25, 0.3) is 21.8 Å². The van der Waals surface area contributed by atoms with Gasteiger partial charge in [-0.15, -0.1) is 0 Å². The van der Waals surface area contributed by atoms with E-state index in [-0.39, 0.29) is 46.7 Å². The van der Waals surface area contributed by atoms with Gasteiger partial charge in [-0.1, -0.05) is 23.7 Å². The van der Waals surface area contributed by atoms with Gasteiger partial charge in [0, 0.05) is 62.9 Å². The molecule has 0 spiro atoms. The predicted molar refractivity (Wildman–Crippen MR) is 202 cm³/mol. The zero-order chi connectivity index (χ0) is 38.2. The average Bonchev–Trinajstić information content (AvgIpc) is 3.96. The van der Waals surface area contributed by atoms with E-state index < -0.39 is 30.0 Å². The third kappa shape index (κ3) is 6.35. The van der Waals surface area contributed by atoms with Crippen LogP contribution < -0.4 is 35.9 Å². The minimum atomic E-state index is -3.14. The van der Waals surface area contributed by atoms with Crippen LogP contribution in [-0.2, 0) is 23.7 Å². The van der Waals surface area contributed by atoms with Crippen LogP contribution >= 0.6 is 11.6 Å². The fourth-order valence-corrected chi connectivity index (χ4v) is 8.15. The van der Waals surface area contributed by atoms with Crippen LogP contribution in [0.1, 0.15) is 50.1 Å². The number of para-hydroxylation sites is 1. The number of alkyl halides is 2. The highest BCUT2D eigenvalue weighted by Gasteiger charge is 2.51. The maximum atomic E-state index is 15.1. The first-order valence-electron chi connectivity index (χ1n) is 18.4. The van der Waals surface area contributed by atoms with Crippen molar-refractivity contribution in [3.8, 4) is 11.5 Å². The first-order valence-corrected chi connectivity index (χ1v) is 18.8. The Morgan fingerprint density at radius 3 is 2.60 bits per heavy atom. The van der Waals surface area contributed by atoms with Crippen molar-refractivity contribution in [3.63, 3.8) is 0 Å². The van der Waals surface area contributed by atoms with Crippen molar-refractivity contribution in [2.75, 3.05) is 35.2 Å². The number of carbonyl (C=O) groups excluding carboxylic acids is 2. The summed E-state index contributed by atoms with van der Waals surface area (Å²) in [5.74, 6) is -3.06. The zero-order valence-corrected chi connectivity index (χ0v) is 30.8. The number of ether oxygens (including phenoxy) is 2. The summed E-state index contributed by atoms with van der Waals surface area (Å²) in [6.45, 7) is 0.357. The highest BCUT2D eigenvalue weighted by Crippen LogP contribution is 2.46. The number of amides is 2. The minimum absolute atomic E-state index is 0.0959. The van der Waals surface area contributed by atoms with Crippen LogP contribution in [0.15, 0.2) is 47.4 Å². The molecule has 2 amide bonds. The van der Waals surface area contributed by atoms with Gasteiger partial charge in [-0.25, -0.2) is 13.8 Å². The number of hydrogen-bond donors (Lipinski definition) is 3. The Morgan fingerprint density at radius 2 is 1.84 bits per heavy atom. The molecule has 14 nitrogen and oxygen atoms in total. The van der Waals surface area contributed by atoms with Gasteiger partial charge in [-0.2, -0.15) is 10.1 Å². The molecule has 2 unspecified atom stereocenters.